The summed E-state index contributed by atoms with van der Waals surface area (Å²) in [6.45, 7) is 8.93. The van der Waals surface area contributed by atoms with E-state index in [1.165, 1.54) is 5.56 Å². The van der Waals surface area contributed by atoms with Gasteiger partial charge in [0.1, 0.15) is 5.82 Å². The minimum Gasteiger partial charge on any atom is -0.387 e. The molecule has 0 aliphatic carbocycles. The van der Waals surface area contributed by atoms with Gasteiger partial charge in [-0.3, -0.25) is 0 Å². The molecule has 0 amide bonds. The summed E-state index contributed by atoms with van der Waals surface area (Å²) in [5.74, 6) is 1.01. The van der Waals surface area contributed by atoms with Crippen LogP contribution in [0, 0.1) is 5.41 Å². The van der Waals surface area contributed by atoms with Crippen molar-refractivity contribution in [1.82, 2.24) is 9.55 Å². The monoisotopic (exact) mass is 334 g/mol. The van der Waals surface area contributed by atoms with Crippen LogP contribution in [0.3, 0.4) is 0 Å². The molecule has 4 heteroatoms. The van der Waals surface area contributed by atoms with E-state index in [9.17, 15) is 5.11 Å². The van der Waals surface area contributed by atoms with Crippen molar-refractivity contribution >= 4 is 11.6 Å². The topological polar surface area (TPSA) is 38.0 Å². The molecule has 0 bridgehead atoms. The predicted molar refractivity (Wildman–Crippen MR) is 95.8 cm³/mol. The van der Waals surface area contributed by atoms with Gasteiger partial charge in [0.2, 0.25) is 0 Å². The summed E-state index contributed by atoms with van der Waals surface area (Å²) >= 11 is 5.94. The molecule has 23 heavy (non-hydrogen) atoms. The molecule has 1 aromatic carbocycles. The first-order valence-electron chi connectivity index (χ1n) is 8.22. The van der Waals surface area contributed by atoms with E-state index in [2.05, 4.69) is 37.2 Å². The number of imidazole rings is 1. The van der Waals surface area contributed by atoms with E-state index in [0.717, 1.165) is 23.7 Å². The Bertz CT molecular complexity index is 628. The Labute approximate surface area is 144 Å². The number of hydrogen-bond donors (Lipinski definition) is 1. The summed E-state index contributed by atoms with van der Waals surface area (Å²) in [6.07, 6.45) is 6.14. The summed E-state index contributed by atoms with van der Waals surface area (Å²) < 4.78 is 2.08. The highest BCUT2D eigenvalue weighted by molar-refractivity contribution is 6.30. The van der Waals surface area contributed by atoms with Crippen molar-refractivity contribution in [3.8, 4) is 0 Å². The molecule has 2 rings (SSSR count). The number of nitrogens with zero attached hydrogens (tertiary/aromatic N) is 2. The minimum atomic E-state index is -0.808. The summed E-state index contributed by atoms with van der Waals surface area (Å²) in [5.41, 5.74) is 0.157. The van der Waals surface area contributed by atoms with Crippen molar-refractivity contribution in [2.24, 2.45) is 5.41 Å². The Morgan fingerprint density at radius 3 is 2.39 bits per heavy atom. The molecule has 1 aromatic heterocycles. The van der Waals surface area contributed by atoms with Gasteiger partial charge in [0, 0.05) is 23.8 Å². The highest BCUT2D eigenvalue weighted by Gasteiger charge is 2.40. The van der Waals surface area contributed by atoms with Crippen LogP contribution in [0.25, 0.3) is 0 Å². The molecule has 126 valence electrons. The van der Waals surface area contributed by atoms with Crippen LogP contribution in [0.4, 0.5) is 0 Å². The fourth-order valence-corrected chi connectivity index (χ4v) is 2.90. The number of hydrogen-bond acceptors (Lipinski definition) is 2. The van der Waals surface area contributed by atoms with E-state index >= 15 is 0 Å². The molecule has 0 aliphatic rings. The van der Waals surface area contributed by atoms with Crippen LogP contribution in [-0.2, 0) is 19.4 Å². The lowest BCUT2D eigenvalue weighted by atomic mass is 9.73. The third-order valence-corrected chi connectivity index (χ3v) is 4.94. The van der Waals surface area contributed by atoms with Gasteiger partial charge in [-0.2, -0.15) is 0 Å². The van der Waals surface area contributed by atoms with E-state index < -0.39 is 5.60 Å². The summed E-state index contributed by atoms with van der Waals surface area (Å²) in [4.78, 5) is 4.37. The standard InChI is InChI=1S/C19H27ClN2O/c1-5-17-21-12-13-22(17)14-19(23,18(2,3)4)11-10-15-6-8-16(20)9-7-15/h6-9,12-13,23H,5,10-11,14H2,1-4H3. The molecule has 2 aromatic rings. The van der Waals surface area contributed by atoms with Gasteiger partial charge in [0.25, 0.3) is 0 Å². The van der Waals surface area contributed by atoms with Gasteiger partial charge < -0.3 is 9.67 Å². The van der Waals surface area contributed by atoms with Gasteiger partial charge in [0.15, 0.2) is 0 Å². The third-order valence-electron chi connectivity index (χ3n) is 4.69. The van der Waals surface area contributed by atoms with E-state index in [1.807, 2.05) is 30.5 Å². The predicted octanol–water partition coefficient (Wildman–Crippen LogP) is 4.51. The molecular formula is C19H27ClN2O. The second-order valence-electron chi connectivity index (χ2n) is 7.23. The number of aromatic nitrogens is 2. The number of aryl methyl sites for hydroxylation is 2. The molecule has 1 atom stereocenters. The Kier molecular flexibility index (Phi) is 5.53. The van der Waals surface area contributed by atoms with Crippen LogP contribution in [0.5, 0.6) is 0 Å². The molecule has 0 aliphatic heterocycles. The summed E-state index contributed by atoms with van der Waals surface area (Å²) in [7, 11) is 0. The first-order valence-corrected chi connectivity index (χ1v) is 8.60. The fourth-order valence-electron chi connectivity index (χ4n) is 2.77. The first kappa shape index (κ1) is 18.0. The zero-order valence-electron chi connectivity index (χ0n) is 14.5. The molecule has 0 spiro atoms. The van der Waals surface area contributed by atoms with Crippen LogP contribution in [0.2, 0.25) is 5.02 Å². The average molecular weight is 335 g/mol. The van der Waals surface area contributed by atoms with E-state index in [1.54, 1.807) is 6.20 Å². The molecule has 0 fully saturated rings. The van der Waals surface area contributed by atoms with Gasteiger partial charge >= 0.3 is 0 Å². The van der Waals surface area contributed by atoms with Gasteiger partial charge in [-0.15, -0.1) is 0 Å². The van der Waals surface area contributed by atoms with Gasteiger partial charge in [0.05, 0.1) is 12.1 Å². The van der Waals surface area contributed by atoms with Gasteiger partial charge in [-0.05, 0) is 36.0 Å². The quantitative estimate of drug-likeness (QED) is 0.844. The zero-order valence-corrected chi connectivity index (χ0v) is 15.3. The number of aliphatic hydroxyl groups is 1. The SMILES string of the molecule is CCc1nccn1CC(O)(CCc1ccc(Cl)cc1)C(C)(C)C. The van der Waals surface area contributed by atoms with Crippen LogP contribution in [0.15, 0.2) is 36.7 Å². The zero-order chi connectivity index (χ0) is 17.1. The van der Waals surface area contributed by atoms with Crippen LogP contribution in [-0.4, -0.2) is 20.3 Å². The largest absolute Gasteiger partial charge is 0.387 e. The lowest BCUT2D eigenvalue weighted by molar-refractivity contribution is -0.0778. The van der Waals surface area contributed by atoms with Crippen molar-refractivity contribution < 1.29 is 5.11 Å². The fraction of sp³-hybridized carbons (Fsp3) is 0.526. The van der Waals surface area contributed by atoms with Crippen molar-refractivity contribution in [1.29, 1.82) is 0 Å². The van der Waals surface area contributed by atoms with Gasteiger partial charge in [-0.1, -0.05) is 51.4 Å². The lowest BCUT2D eigenvalue weighted by Crippen LogP contribution is -2.47. The maximum absolute atomic E-state index is 11.4. The highest BCUT2D eigenvalue weighted by Crippen LogP contribution is 2.36. The first-order chi connectivity index (χ1) is 10.7. The number of rotatable bonds is 6. The molecule has 0 radical (unpaired) electrons. The van der Waals surface area contributed by atoms with E-state index in [0.29, 0.717) is 13.0 Å². The number of benzene rings is 1. The molecule has 1 heterocycles. The van der Waals surface area contributed by atoms with Gasteiger partial charge in [-0.25, -0.2) is 4.98 Å². The van der Waals surface area contributed by atoms with Crippen LogP contribution >= 0.6 is 11.6 Å². The normalized spacial score (nSPS) is 14.7. The second kappa shape index (κ2) is 7.06. The Morgan fingerprint density at radius 1 is 1.17 bits per heavy atom. The smallest absolute Gasteiger partial charge is 0.108 e. The van der Waals surface area contributed by atoms with E-state index in [-0.39, 0.29) is 5.41 Å². The molecule has 3 nitrogen and oxygen atoms in total. The summed E-state index contributed by atoms with van der Waals surface area (Å²) in [6, 6.07) is 7.86. The Hall–Kier alpha value is -1.32. The molecule has 1 unspecified atom stereocenters. The third kappa shape index (κ3) is 4.36. The summed E-state index contributed by atoms with van der Waals surface area (Å²) in [5, 5.41) is 12.1. The highest BCUT2D eigenvalue weighted by atomic mass is 35.5. The van der Waals surface area contributed by atoms with Crippen molar-refractivity contribution in [2.45, 2.75) is 59.1 Å². The number of halogens is 1. The second-order valence-corrected chi connectivity index (χ2v) is 7.67. The molecular weight excluding hydrogens is 308 g/mol. The average Bonchev–Trinajstić information content (AvgIpc) is 2.92. The molecule has 0 saturated heterocycles. The Morgan fingerprint density at radius 2 is 1.83 bits per heavy atom. The molecule has 1 N–H and O–H groups in total. The lowest BCUT2D eigenvalue weighted by Gasteiger charge is -2.41. The van der Waals surface area contributed by atoms with Crippen LogP contribution < -0.4 is 0 Å². The van der Waals surface area contributed by atoms with Crippen molar-refractivity contribution in [2.75, 3.05) is 0 Å². The maximum atomic E-state index is 11.4. The Balaban J connectivity index is 2.17. The van der Waals surface area contributed by atoms with Crippen molar-refractivity contribution in [3.05, 3.63) is 53.1 Å². The minimum absolute atomic E-state index is 0.227. The molecule has 0 saturated carbocycles. The van der Waals surface area contributed by atoms with Crippen molar-refractivity contribution in [3.63, 3.8) is 0 Å². The van der Waals surface area contributed by atoms with E-state index in [4.69, 9.17) is 11.6 Å². The van der Waals surface area contributed by atoms with Crippen LogP contribution in [0.1, 0.15) is 45.5 Å². The maximum Gasteiger partial charge on any atom is 0.108 e.